The van der Waals surface area contributed by atoms with E-state index in [-0.39, 0.29) is 43.6 Å². The van der Waals surface area contributed by atoms with Gasteiger partial charge in [0.05, 0.1) is 33.0 Å². The van der Waals surface area contributed by atoms with Crippen LogP contribution in [0.2, 0.25) is 0 Å². The number of ether oxygens (including phenoxy) is 3. The Morgan fingerprint density at radius 2 is 1.69 bits per heavy atom. The van der Waals surface area contributed by atoms with Gasteiger partial charge in [0.1, 0.15) is 5.75 Å². The summed E-state index contributed by atoms with van der Waals surface area (Å²) in [7, 11) is 1.08. The van der Waals surface area contributed by atoms with Crippen molar-refractivity contribution in [3.05, 3.63) is 47.5 Å². The smallest absolute Gasteiger partial charge is 0.227 e. The fourth-order valence-corrected chi connectivity index (χ4v) is 5.89. The van der Waals surface area contributed by atoms with Gasteiger partial charge in [-0.25, -0.2) is 8.42 Å². The van der Waals surface area contributed by atoms with Gasteiger partial charge in [-0.15, -0.1) is 0 Å². The number of amides is 2. The van der Waals surface area contributed by atoms with Crippen molar-refractivity contribution in [1.82, 2.24) is 9.62 Å². The first-order valence-electron chi connectivity index (χ1n) is 11.7. The topological polar surface area (TPSA) is 114 Å². The minimum absolute atomic E-state index is 0.0241. The average molecular weight is 518 g/mol. The Morgan fingerprint density at radius 1 is 1.03 bits per heavy atom. The number of methoxy groups -OCH3 is 3. The van der Waals surface area contributed by atoms with Crippen LogP contribution in [-0.2, 0) is 32.6 Å². The molecule has 0 bridgehead atoms. The third-order valence-electron chi connectivity index (χ3n) is 6.62. The summed E-state index contributed by atoms with van der Waals surface area (Å²) < 4.78 is 43.2. The number of anilines is 1. The molecule has 1 atom stereocenters. The number of hydrogen-bond acceptors (Lipinski definition) is 7. The predicted molar refractivity (Wildman–Crippen MR) is 134 cm³/mol. The molecule has 1 saturated heterocycles. The van der Waals surface area contributed by atoms with Crippen LogP contribution >= 0.6 is 0 Å². The normalized spacial score (nSPS) is 18.0. The summed E-state index contributed by atoms with van der Waals surface area (Å²) in [5.41, 5.74) is 2.59. The average Bonchev–Trinajstić information content (AvgIpc) is 3.28. The molecule has 0 radical (unpaired) electrons. The molecule has 0 saturated carbocycles. The summed E-state index contributed by atoms with van der Waals surface area (Å²) in [5, 5.41) is 2.70. The maximum Gasteiger partial charge on any atom is 0.227 e. The van der Waals surface area contributed by atoms with E-state index in [9.17, 15) is 18.0 Å². The SMILES string of the molecule is COc1ccc(N2CC(C(=O)NCCS(=O)(=O)N3CCc4cc(OC)c(OC)cc4C3)CC2=O)cc1. The lowest BCUT2D eigenvalue weighted by molar-refractivity contribution is -0.126. The Hall–Kier alpha value is -3.31. The second-order valence-corrected chi connectivity index (χ2v) is 10.9. The summed E-state index contributed by atoms with van der Waals surface area (Å²) in [6.45, 7) is 0.814. The molecular weight excluding hydrogens is 486 g/mol. The first-order valence-corrected chi connectivity index (χ1v) is 13.3. The highest BCUT2D eigenvalue weighted by molar-refractivity contribution is 7.89. The van der Waals surface area contributed by atoms with Gasteiger partial charge in [0.25, 0.3) is 0 Å². The summed E-state index contributed by atoms with van der Waals surface area (Å²) in [6, 6.07) is 10.7. The highest BCUT2D eigenvalue weighted by Gasteiger charge is 2.35. The lowest BCUT2D eigenvalue weighted by atomic mass is 10.0. The Morgan fingerprint density at radius 3 is 2.33 bits per heavy atom. The van der Waals surface area contributed by atoms with Crippen LogP contribution in [0.25, 0.3) is 0 Å². The molecule has 36 heavy (non-hydrogen) atoms. The molecule has 2 aliphatic rings. The van der Waals surface area contributed by atoms with Gasteiger partial charge in [-0.2, -0.15) is 4.31 Å². The van der Waals surface area contributed by atoms with Crippen molar-refractivity contribution in [1.29, 1.82) is 0 Å². The summed E-state index contributed by atoms with van der Waals surface area (Å²) in [4.78, 5) is 26.7. The van der Waals surface area contributed by atoms with Gasteiger partial charge in [0.15, 0.2) is 11.5 Å². The molecule has 0 spiro atoms. The first-order chi connectivity index (χ1) is 17.2. The fraction of sp³-hybridized carbons (Fsp3) is 0.440. The Bertz CT molecular complexity index is 1230. The standard InChI is InChI=1S/C25H31N3O7S/c1-33-21-6-4-20(5-7-21)28-16-19(14-24(28)29)25(30)26-9-11-36(31,32)27-10-8-17-12-22(34-2)23(35-3)13-18(17)15-27/h4-7,12-13,19H,8-11,14-16H2,1-3H3,(H,26,30). The van der Waals surface area contributed by atoms with Crippen LogP contribution in [0.5, 0.6) is 17.2 Å². The highest BCUT2D eigenvalue weighted by Crippen LogP contribution is 2.34. The van der Waals surface area contributed by atoms with E-state index < -0.39 is 15.9 Å². The maximum absolute atomic E-state index is 13.0. The number of sulfonamides is 1. The van der Waals surface area contributed by atoms with Gasteiger partial charge in [-0.05, 0) is 53.9 Å². The van der Waals surface area contributed by atoms with E-state index >= 15 is 0 Å². The molecule has 2 amide bonds. The van der Waals surface area contributed by atoms with E-state index in [4.69, 9.17) is 14.2 Å². The largest absolute Gasteiger partial charge is 0.497 e. The molecule has 2 aromatic rings. The van der Waals surface area contributed by atoms with Gasteiger partial charge in [-0.3, -0.25) is 9.59 Å². The lowest BCUT2D eigenvalue weighted by Gasteiger charge is -2.29. The van der Waals surface area contributed by atoms with Crippen molar-refractivity contribution in [2.45, 2.75) is 19.4 Å². The Labute approximate surface area is 211 Å². The highest BCUT2D eigenvalue weighted by atomic mass is 32.2. The van der Waals surface area contributed by atoms with Crippen molar-refractivity contribution in [3.8, 4) is 17.2 Å². The molecule has 2 heterocycles. The first kappa shape index (κ1) is 25.8. The summed E-state index contributed by atoms with van der Waals surface area (Å²) >= 11 is 0. The Kier molecular flexibility index (Phi) is 7.70. The number of benzene rings is 2. The minimum atomic E-state index is -3.59. The molecule has 1 fully saturated rings. The number of fused-ring (bicyclic) bond motifs is 1. The van der Waals surface area contributed by atoms with Crippen molar-refractivity contribution in [2.75, 3.05) is 51.6 Å². The minimum Gasteiger partial charge on any atom is -0.497 e. The van der Waals surface area contributed by atoms with Crippen LogP contribution in [0.4, 0.5) is 5.69 Å². The molecule has 0 aromatic heterocycles. The van der Waals surface area contributed by atoms with E-state index in [0.29, 0.717) is 35.9 Å². The van der Waals surface area contributed by atoms with E-state index in [2.05, 4.69) is 5.32 Å². The molecule has 2 aliphatic heterocycles. The summed E-state index contributed by atoms with van der Waals surface area (Å²) in [5.74, 6) is 0.624. The fourth-order valence-electron chi connectivity index (χ4n) is 4.57. The second-order valence-electron chi connectivity index (χ2n) is 8.77. The van der Waals surface area contributed by atoms with Crippen molar-refractivity contribution in [3.63, 3.8) is 0 Å². The predicted octanol–water partition coefficient (Wildman–Crippen LogP) is 1.57. The van der Waals surface area contributed by atoms with Crippen molar-refractivity contribution >= 4 is 27.5 Å². The summed E-state index contributed by atoms with van der Waals surface area (Å²) in [6.07, 6.45) is 0.644. The second kappa shape index (κ2) is 10.8. The van der Waals surface area contributed by atoms with Crippen LogP contribution in [-0.4, -0.2) is 71.3 Å². The van der Waals surface area contributed by atoms with Gasteiger partial charge >= 0.3 is 0 Å². The number of carbonyl (C=O) groups excluding carboxylic acids is 2. The molecule has 10 nitrogen and oxygen atoms in total. The third-order valence-corrected chi connectivity index (χ3v) is 8.43. The van der Waals surface area contributed by atoms with Crippen molar-refractivity contribution < 1.29 is 32.2 Å². The van der Waals surface area contributed by atoms with Gasteiger partial charge in [-0.1, -0.05) is 0 Å². The van der Waals surface area contributed by atoms with Gasteiger partial charge < -0.3 is 24.4 Å². The zero-order valence-electron chi connectivity index (χ0n) is 20.7. The molecule has 0 aliphatic carbocycles. The van der Waals surface area contributed by atoms with Crippen molar-refractivity contribution in [2.24, 2.45) is 5.92 Å². The number of hydrogen-bond donors (Lipinski definition) is 1. The van der Waals surface area contributed by atoms with Crippen LogP contribution in [0.1, 0.15) is 17.5 Å². The molecule has 1 N–H and O–H groups in total. The van der Waals surface area contributed by atoms with Crippen LogP contribution in [0.3, 0.4) is 0 Å². The maximum atomic E-state index is 13.0. The molecule has 4 rings (SSSR count). The van der Waals surface area contributed by atoms with E-state index in [0.717, 1.165) is 11.1 Å². The number of nitrogens with one attached hydrogen (secondary N) is 1. The van der Waals surface area contributed by atoms with Crippen LogP contribution in [0, 0.1) is 5.92 Å². The van der Waals surface area contributed by atoms with E-state index in [1.54, 1.807) is 50.5 Å². The molecule has 11 heteroatoms. The van der Waals surface area contributed by atoms with Crippen LogP contribution in [0.15, 0.2) is 36.4 Å². The van der Waals surface area contributed by atoms with E-state index in [1.165, 1.54) is 4.31 Å². The number of carbonyl (C=O) groups is 2. The Balaban J connectivity index is 1.31. The monoisotopic (exact) mass is 517 g/mol. The zero-order chi connectivity index (χ0) is 25.9. The van der Waals surface area contributed by atoms with Gasteiger partial charge in [0, 0.05) is 38.3 Å². The molecule has 2 aromatic carbocycles. The van der Waals surface area contributed by atoms with E-state index in [1.807, 2.05) is 12.1 Å². The molecule has 194 valence electrons. The zero-order valence-corrected chi connectivity index (χ0v) is 21.5. The molecule has 1 unspecified atom stereocenters. The van der Waals surface area contributed by atoms with Gasteiger partial charge in [0.2, 0.25) is 21.8 Å². The van der Waals surface area contributed by atoms with Crippen LogP contribution < -0.4 is 24.4 Å². The third kappa shape index (κ3) is 5.41. The lowest BCUT2D eigenvalue weighted by Crippen LogP contribution is -2.41. The molecular formula is C25H31N3O7S. The quantitative estimate of drug-likeness (QED) is 0.537. The number of nitrogens with zero attached hydrogens (tertiary/aromatic N) is 2. The number of rotatable bonds is 9.